The third-order valence-electron chi connectivity index (χ3n) is 2.01. The van der Waals surface area contributed by atoms with E-state index < -0.39 is 11.2 Å². The molecule has 0 heterocycles. The summed E-state index contributed by atoms with van der Waals surface area (Å²) in [6.45, 7) is 4.09. The number of aryl methyl sites for hydroxylation is 1. The Morgan fingerprint density at radius 1 is 1.60 bits per heavy atom. The average Bonchev–Trinajstić information content (AvgIpc) is 2.21. The van der Waals surface area contributed by atoms with Gasteiger partial charge >= 0.3 is 0 Å². The lowest BCUT2D eigenvalue weighted by Crippen LogP contribution is -2.26. The summed E-state index contributed by atoms with van der Waals surface area (Å²) >= 11 is 5.86. The number of alkyl halides is 1. The van der Waals surface area contributed by atoms with Crippen molar-refractivity contribution in [1.29, 1.82) is 0 Å². The minimum absolute atomic E-state index is 0.225. The molecular weight excluding hydrogens is 217 g/mol. The number of benzene rings is 1. The van der Waals surface area contributed by atoms with Crippen molar-refractivity contribution in [3.63, 3.8) is 0 Å². The average molecular weight is 230 g/mol. The van der Waals surface area contributed by atoms with Crippen molar-refractivity contribution >= 4 is 17.5 Å². The molecule has 4 heteroatoms. The molecule has 0 fully saturated rings. The third kappa shape index (κ3) is 2.93. The molecule has 0 spiro atoms. The van der Waals surface area contributed by atoms with Crippen LogP contribution in [0.3, 0.4) is 0 Å². The van der Waals surface area contributed by atoms with Gasteiger partial charge in [0.2, 0.25) is 5.91 Å². The first-order chi connectivity index (χ1) is 7.06. The molecule has 1 unspecified atom stereocenters. The quantitative estimate of drug-likeness (QED) is 0.793. The second kappa shape index (κ2) is 5.12. The van der Waals surface area contributed by atoms with E-state index in [0.717, 1.165) is 5.56 Å². The Kier molecular flexibility index (Phi) is 4.09. The van der Waals surface area contributed by atoms with Crippen molar-refractivity contribution < 1.29 is 9.18 Å². The molecular formula is C11H13ClFNO. The van der Waals surface area contributed by atoms with Crippen LogP contribution in [0.4, 0.5) is 4.39 Å². The first-order valence-corrected chi connectivity index (χ1v) is 5.17. The van der Waals surface area contributed by atoms with Crippen LogP contribution in [0.15, 0.2) is 18.2 Å². The lowest BCUT2D eigenvalue weighted by atomic mass is 10.1. The van der Waals surface area contributed by atoms with Gasteiger partial charge in [-0.15, -0.1) is 11.6 Å². The number of nitrogens with one attached hydrogen (secondary N) is 1. The Morgan fingerprint density at radius 2 is 2.27 bits per heavy atom. The minimum Gasteiger partial charge on any atom is -0.355 e. The molecule has 0 aliphatic rings. The Bertz CT molecular complexity index is 368. The highest BCUT2D eigenvalue weighted by molar-refractivity contribution is 6.30. The number of carbonyl (C=O) groups is 1. The normalized spacial score (nSPS) is 12.3. The van der Waals surface area contributed by atoms with Crippen molar-refractivity contribution in [2.24, 2.45) is 0 Å². The highest BCUT2D eigenvalue weighted by Crippen LogP contribution is 2.24. The van der Waals surface area contributed by atoms with Crippen LogP contribution < -0.4 is 5.32 Å². The molecule has 0 radical (unpaired) electrons. The molecule has 82 valence electrons. The fourth-order valence-corrected chi connectivity index (χ4v) is 1.51. The summed E-state index contributed by atoms with van der Waals surface area (Å²) in [5.74, 6) is -0.824. The Balaban J connectivity index is 2.94. The molecule has 0 aromatic heterocycles. The molecule has 1 rings (SSSR count). The maximum atomic E-state index is 13.4. The molecule has 1 amide bonds. The van der Waals surface area contributed by atoms with Crippen molar-refractivity contribution in [1.82, 2.24) is 5.32 Å². The Hall–Kier alpha value is -1.09. The van der Waals surface area contributed by atoms with Crippen LogP contribution in [0.1, 0.15) is 23.4 Å². The minimum atomic E-state index is -0.968. The summed E-state index contributed by atoms with van der Waals surface area (Å²) in [6, 6.07) is 4.54. The number of hydrogen-bond donors (Lipinski definition) is 1. The number of amides is 1. The Labute approximate surface area is 93.4 Å². The fourth-order valence-electron chi connectivity index (χ4n) is 1.26. The van der Waals surface area contributed by atoms with E-state index in [4.69, 9.17) is 11.6 Å². The standard InChI is InChI=1S/C11H13ClFNO/c1-3-14-11(15)10(12)8-6-7(2)4-5-9(8)13/h4-6,10H,3H2,1-2H3,(H,14,15). The van der Waals surface area contributed by atoms with Gasteiger partial charge in [0.05, 0.1) is 0 Å². The van der Waals surface area contributed by atoms with E-state index in [9.17, 15) is 9.18 Å². The van der Waals surface area contributed by atoms with Gasteiger partial charge in [0, 0.05) is 12.1 Å². The first kappa shape index (κ1) is 12.0. The second-order valence-corrected chi connectivity index (χ2v) is 3.72. The van der Waals surface area contributed by atoms with Crippen molar-refractivity contribution in [2.45, 2.75) is 19.2 Å². The molecule has 2 nitrogen and oxygen atoms in total. The molecule has 15 heavy (non-hydrogen) atoms. The van der Waals surface area contributed by atoms with Crippen LogP contribution in [0.2, 0.25) is 0 Å². The van der Waals surface area contributed by atoms with E-state index in [1.54, 1.807) is 19.1 Å². The van der Waals surface area contributed by atoms with Crippen LogP contribution in [0, 0.1) is 12.7 Å². The highest BCUT2D eigenvalue weighted by atomic mass is 35.5. The van der Waals surface area contributed by atoms with E-state index in [2.05, 4.69) is 5.32 Å². The molecule has 1 atom stereocenters. The van der Waals surface area contributed by atoms with Crippen LogP contribution >= 0.6 is 11.6 Å². The number of carbonyl (C=O) groups excluding carboxylic acids is 1. The summed E-state index contributed by atoms with van der Waals surface area (Å²) < 4.78 is 13.4. The molecule has 0 aliphatic carbocycles. The number of halogens is 2. The fraction of sp³-hybridized carbons (Fsp3) is 0.364. The van der Waals surface area contributed by atoms with Gasteiger partial charge in [-0.1, -0.05) is 17.7 Å². The molecule has 1 aromatic rings. The predicted octanol–water partition coefficient (Wildman–Crippen LogP) is 2.55. The first-order valence-electron chi connectivity index (χ1n) is 4.74. The van der Waals surface area contributed by atoms with Crippen molar-refractivity contribution in [3.05, 3.63) is 35.1 Å². The van der Waals surface area contributed by atoms with E-state index in [0.29, 0.717) is 6.54 Å². The zero-order chi connectivity index (χ0) is 11.4. The smallest absolute Gasteiger partial charge is 0.242 e. The molecule has 1 aromatic carbocycles. The summed E-state index contributed by atoms with van der Waals surface area (Å²) in [7, 11) is 0. The van der Waals surface area contributed by atoms with Gasteiger partial charge in [-0.3, -0.25) is 4.79 Å². The van der Waals surface area contributed by atoms with Crippen molar-refractivity contribution in [3.8, 4) is 0 Å². The number of hydrogen-bond acceptors (Lipinski definition) is 1. The van der Waals surface area contributed by atoms with Gasteiger partial charge in [-0.25, -0.2) is 4.39 Å². The zero-order valence-electron chi connectivity index (χ0n) is 8.68. The number of likely N-dealkylation sites (N-methyl/N-ethyl adjacent to an activating group) is 1. The maximum absolute atomic E-state index is 13.4. The van der Waals surface area contributed by atoms with Gasteiger partial charge in [-0.2, -0.15) is 0 Å². The van der Waals surface area contributed by atoms with E-state index in [-0.39, 0.29) is 11.5 Å². The lowest BCUT2D eigenvalue weighted by Gasteiger charge is -2.11. The second-order valence-electron chi connectivity index (χ2n) is 3.28. The van der Waals surface area contributed by atoms with Crippen LogP contribution in [0.25, 0.3) is 0 Å². The van der Waals surface area contributed by atoms with Gasteiger partial charge in [-0.05, 0) is 19.9 Å². The van der Waals surface area contributed by atoms with Gasteiger partial charge < -0.3 is 5.32 Å². The SMILES string of the molecule is CCNC(=O)C(Cl)c1cc(C)ccc1F. The summed E-state index contributed by atoms with van der Waals surface area (Å²) in [4.78, 5) is 11.4. The number of rotatable bonds is 3. The van der Waals surface area contributed by atoms with E-state index in [1.807, 2.05) is 6.92 Å². The third-order valence-corrected chi connectivity index (χ3v) is 2.44. The Morgan fingerprint density at radius 3 is 2.87 bits per heavy atom. The molecule has 0 saturated heterocycles. The highest BCUT2D eigenvalue weighted by Gasteiger charge is 2.20. The molecule has 1 N–H and O–H groups in total. The summed E-state index contributed by atoms with van der Waals surface area (Å²) in [5, 5.41) is 1.59. The van der Waals surface area contributed by atoms with Crippen LogP contribution in [-0.4, -0.2) is 12.5 Å². The van der Waals surface area contributed by atoms with Gasteiger partial charge in [0.15, 0.2) is 0 Å². The van der Waals surface area contributed by atoms with Crippen molar-refractivity contribution in [2.75, 3.05) is 6.54 Å². The lowest BCUT2D eigenvalue weighted by molar-refractivity contribution is -0.120. The topological polar surface area (TPSA) is 29.1 Å². The van der Waals surface area contributed by atoms with Gasteiger partial charge in [0.1, 0.15) is 11.2 Å². The molecule has 0 saturated carbocycles. The van der Waals surface area contributed by atoms with Crippen LogP contribution in [0.5, 0.6) is 0 Å². The summed E-state index contributed by atoms with van der Waals surface area (Å²) in [5.41, 5.74) is 1.10. The molecule has 0 aliphatic heterocycles. The largest absolute Gasteiger partial charge is 0.355 e. The summed E-state index contributed by atoms with van der Waals surface area (Å²) in [6.07, 6.45) is 0. The monoisotopic (exact) mass is 229 g/mol. The maximum Gasteiger partial charge on any atom is 0.242 e. The zero-order valence-corrected chi connectivity index (χ0v) is 9.44. The predicted molar refractivity (Wildman–Crippen MR) is 58.4 cm³/mol. The van der Waals surface area contributed by atoms with E-state index >= 15 is 0 Å². The molecule has 0 bridgehead atoms. The van der Waals surface area contributed by atoms with E-state index in [1.165, 1.54) is 6.07 Å². The van der Waals surface area contributed by atoms with Gasteiger partial charge in [0.25, 0.3) is 0 Å². The van der Waals surface area contributed by atoms with Crippen LogP contribution in [-0.2, 0) is 4.79 Å².